The lowest BCUT2D eigenvalue weighted by Crippen LogP contribution is -2.62. The summed E-state index contributed by atoms with van der Waals surface area (Å²) in [5.74, 6) is 3.57. The predicted octanol–water partition coefficient (Wildman–Crippen LogP) is 8.96. The molecule has 4 saturated carbocycles. The fourth-order valence-corrected chi connectivity index (χ4v) is 10.5. The highest BCUT2D eigenvalue weighted by Gasteiger charge is 2.79. The normalized spacial score (nSPS) is 34.7. The molecule has 0 amide bonds. The number of anilines is 2. The average molecular weight is 474 g/mol. The first-order chi connectivity index (χ1) is 17.2. The molecule has 0 saturated heterocycles. The van der Waals surface area contributed by atoms with Crippen LogP contribution < -0.4 is 5.32 Å². The van der Waals surface area contributed by atoms with Crippen molar-refractivity contribution < 1.29 is 0 Å². The van der Waals surface area contributed by atoms with E-state index in [0.29, 0.717) is 5.41 Å². The lowest BCUT2D eigenvalue weighted by atomic mass is 9.38. The van der Waals surface area contributed by atoms with Crippen LogP contribution in [0.4, 0.5) is 11.4 Å². The summed E-state index contributed by atoms with van der Waals surface area (Å²) in [6.07, 6.45) is 7.38. The lowest BCUT2D eigenvalue weighted by molar-refractivity contribution is -0.0820. The Morgan fingerprint density at radius 1 is 0.714 bits per heavy atom. The molecule has 2 heteroatoms. The maximum absolute atomic E-state index is 6.80. The topological polar surface area (TPSA) is 12.0 Å². The summed E-state index contributed by atoms with van der Waals surface area (Å²) in [4.78, 5) is 0. The zero-order valence-corrected chi connectivity index (χ0v) is 20.5. The number of hydrogen-bond donors (Lipinski definition) is 1. The Kier molecular flexibility index (Phi) is 3.50. The minimum Gasteiger partial charge on any atom is -0.353 e. The Balaban J connectivity index is 1.27. The predicted molar refractivity (Wildman–Crippen MR) is 144 cm³/mol. The van der Waals surface area contributed by atoms with Gasteiger partial charge in [-0.1, -0.05) is 78.3 Å². The first-order valence-corrected chi connectivity index (χ1v) is 13.8. The summed E-state index contributed by atoms with van der Waals surface area (Å²) >= 11 is 6.80. The summed E-state index contributed by atoms with van der Waals surface area (Å²) in [7, 11) is 0. The van der Waals surface area contributed by atoms with Crippen molar-refractivity contribution in [1.29, 1.82) is 0 Å². The first kappa shape index (κ1) is 19.4. The molecule has 9 rings (SSSR count). The molecule has 1 N–H and O–H groups in total. The molecule has 0 heterocycles. The molecule has 0 aliphatic heterocycles. The maximum Gasteiger partial charge on any atom is 0.0653 e. The minimum atomic E-state index is 0.218. The van der Waals surface area contributed by atoms with Crippen molar-refractivity contribution in [3.05, 3.63) is 95.0 Å². The minimum absolute atomic E-state index is 0.218. The number of halogens is 1. The van der Waals surface area contributed by atoms with Crippen molar-refractivity contribution in [2.75, 3.05) is 5.32 Å². The third-order valence-corrected chi connectivity index (χ3v) is 11.2. The maximum atomic E-state index is 6.80. The molecule has 4 unspecified atom stereocenters. The Morgan fingerprint density at radius 3 is 2.31 bits per heavy atom. The van der Waals surface area contributed by atoms with Crippen LogP contribution in [0.1, 0.15) is 43.2 Å². The van der Waals surface area contributed by atoms with Crippen LogP contribution in [-0.2, 0) is 5.41 Å². The van der Waals surface area contributed by atoms with Gasteiger partial charge in [-0.25, -0.2) is 0 Å². The Bertz CT molecular complexity index is 1540. The third-order valence-electron chi connectivity index (χ3n) is 10.9. The second-order valence-corrected chi connectivity index (χ2v) is 12.5. The second-order valence-electron chi connectivity index (χ2n) is 12.1. The van der Waals surface area contributed by atoms with Crippen molar-refractivity contribution in [2.45, 2.75) is 37.5 Å². The van der Waals surface area contributed by atoms with E-state index in [0.717, 1.165) is 34.4 Å². The molecule has 1 nitrogen and oxygen atoms in total. The zero-order chi connectivity index (χ0) is 22.9. The van der Waals surface area contributed by atoms with Gasteiger partial charge in [0.25, 0.3) is 0 Å². The Morgan fingerprint density at radius 2 is 1.46 bits per heavy atom. The average Bonchev–Trinajstić information content (AvgIpc) is 3.42. The molecule has 4 atom stereocenters. The van der Waals surface area contributed by atoms with E-state index in [1.54, 1.807) is 11.1 Å². The largest absolute Gasteiger partial charge is 0.353 e. The standard InChI is InChI=1S/C33H28ClN/c34-26-13-12-21-6-1-2-7-22(21)31(26)35-27-11-5-10-25-30(27)23-8-3-4-9-24(23)33(25)28-15-19-14-20-16-29(33)32(28,17-19)18-20/h1-13,19-20,28-29,35H,14-18H2. The van der Waals surface area contributed by atoms with Crippen LogP contribution in [0.5, 0.6) is 0 Å². The summed E-state index contributed by atoms with van der Waals surface area (Å²) in [6, 6.07) is 29.1. The van der Waals surface area contributed by atoms with Crippen molar-refractivity contribution in [3.8, 4) is 11.1 Å². The fourth-order valence-electron chi connectivity index (χ4n) is 10.3. The second kappa shape index (κ2) is 6.31. The van der Waals surface area contributed by atoms with Gasteiger partial charge < -0.3 is 5.32 Å². The molecule has 0 radical (unpaired) electrons. The molecule has 3 bridgehead atoms. The highest BCUT2D eigenvalue weighted by molar-refractivity contribution is 6.35. The monoisotopic (exact) mass is 473 g/mol. The molecular weight excluding hydrogens is 446 g/mol. The number of fused-ring (bicyclic) bond motifs is 10. The molecule has 172 valence electrons. The molecular formula is C33H28ClN. The van der Waals surface area contributed by atoms with Crippen molar-refractivity contribution in [1.82, 2.24) is 0 Å². The van der Waals surface area contributed by atoms with E-state index in [4.69, 9.17) is 11.6 Å². The lowest BCUT2D eigenvalue weighted by Gasteiger charge is -2.64. The van der Waals surface area contributed by atoms with E-state index in [1.807, 2.05) is 6.07 Å². The first-order valence-electron chi connectivity index (χ1n) is 13.4. The van der Waals surface area contributed by atoms with Crippen LogP contribution in [-0.4, -0.2) is 0 Å². The van der Waals surface area contributed by atoms with Crippen molar-refractivity contribution >= 4 is 33.7 Å². The number of rotatable bonds is 2. The van der Waals surface area contributed by atoms with Gasteiger partial charge in [0.1, 0.15) is 0 Å². The summed E-state index contributed by atoms with van der Waals surface area (Å²) < 4.78 is 0. The number of benzene rings is 4. The van der Waals surface area contributed by atoms with Gasteiger partial charge in [0.15, 0.2) is 0 Å². The number of hydrogen-bond acceptors (Lipinski definition) is 1. The van der Waals surface area contributed by atoms with Gasteiger partial charge in [-0.3, -0.25) is 0 Å². The molecule has 2 spiro atoms. The molecule has 4 fully saturated rings. The van der Waals surface area contributed by atoms with Gasteiger partial charge in [0.05, 0.1) is 10.7 Å². The Hall–Kier alpha value is -2.77. The third kappa shape index (κ3) is 2.12. The van der Waals surface area contributed by atoms with Gasteiger partial charge in [0.2, 0.25) is 0 Å². The molecule has 5 aliphatic rings. The van der Waals surface area contributed by atoms with Gasteiger partial charge in [-0.05, 0) is 95.4 Å². The van der Waals surface area contributed by atoms with Gasteiger partial charge in [0, 0.05) is 22.1 Å². The molecule has 0 aromatic heterocycles. The van der Waals surface area contributed by atoms with Crippen LogP contribution >= 0.6 is 11.6 Å². The zero-order valence-electron chi connectivity index (χ0n) is 19.7. The summed E-state index contributed by atoms with van der Waals surface area (Å²) in [6.45, 7) is 0. The van der Waals surface area contributed by atoms with Crippen molar-refractivity contribution in [3.63, 3.8) is 0 Å². The van der Waals surface area contributed by atoms with Gasteiger partial charge >= 0.3 is 0 Å². The highest BCUT2D eigenvalue weighted by atomic mass is 35.5. The van der Waals surface area contributed by atoms with E-state index < -0.39 is 0 Å². The van der Waals surface area contributed by atoms with Crippen LogP contribution in [0.3, 0.4) is 0 Å². The molecule has 5 aliphatic carbocycles. The van der Waals surface area contributed by atoms with Crippen molar-refractivity contribution in [2.24, 2.45) is 29.1 Å². The number of nitrogens with one attached hydrogen (secondary N) is 1. The summed E-state index contributed by atoms with van der Waals surface area (Å²) in [5, 5.41) is 7.01. The van der Waals surface area contributed by atoms with E-state index in [2.05, 4.69) is 78.1 Å². The molecule has 4 aromatic rings. The van der Waals surface area contributed by atoms with Crippen LogP contribution in [0.15, 0.2) is 78.9 Å². The van der Waals surface area contributed by atoms with E-state index in [9.17, 15) is 0 Å². The van der Waals surface area contributed by atoms with Crippen LogP contribution in [0.25, 0.3) is 21.9 Å². The van der Waals surface area contributed by atoms with Gasteiger partial charge in [-0.15, -0.1) is 0 Å². The van der Waals surface area contributed by atoms with E-state index in [1.165, 1.54) is 59.7 Å². The Labute approximate surface area is 211 Å². The smallest absolute Gasteiger partial charge is 0.0653 e. The SMILES string of the molecule is Clc1ccc2ccccc2c1Nc1cccc2c1-c1ccccc1C21C2CC3CC4CC1C2(C3)C4. The highest BCUT2D eigenvalue weighted by Crippen LogP contribution is 2.85. The van der Waals surface area contributed by atoms with Gasteiger partial charge in [-0.2, -0.15) is 0 Å². The molecule has 4 aromatic carbocycles. The summed E-state index contributed by atoms with van der Waals surface area (Å²) in [5.41, 5.74) is 9.14. The molecule has 35 heavy (non-hydrogen) atoms. The van der Waals surface area contributed by atoms with E-state index in [-0.39, 0.29) is 5.41 Å². The van der Waals surface area contributed by atoms with Crippen LogP contribution in [0, 0.1) is 29.1 Å². The fraction of sp³-hybridized carbons (Fsp3) is 0.333. The quantitative estimate of drug-likeness (QED) is 0.306. The van der Waals surface area contributed by atoms with Crippen LogP contribution in [0.2, 0.25) is 5.02 Å². The van der Waals surface area contributed by atoms with E-state index >= 15 is 0 Å².